The van der Waals surface area contributed by atoms with Crippen molar-refractivity contribution in [3.63, 3.8) is 0 Å². The highest BCUT2D eigenvalue weighted by Crippen LogP contribution is 2.49. The Kier molecular flexibility index (Phi) is 8.92. The second-order valence-electron chi connectivity index (χ2n) is 14.0. The van der Waals surface area contributed by atoms with Crippen LogP contribution in [0.2, 0.25) is 0 Å². The Hall–Kier alpha value is -4.69. The van der Waals surface area contributed by atoms with Gasteiger partial charge in [-0.3, -0.25) is 9.59 Å². The van der Waals surface area contributed by atoms with Gasteiger partial charge < -0.3 is 25.4 Å². The van der Waals surface area contributed by atoms with Gasteiger partial charge in [-0.1, -0.05) is 44.0 Å². The second kappa shape index (κ2) is 13.3. The topological polar surface area (TPSA) is 145 Å². The molecule has 4 atom stereocenters. The van der Waals surface area contributed by atoms with Crippen LogP contribution in [-0.2, 0) is 23.1 Å². The van der Waals surface area contributed by atoms with Crippen LogP contribution in [0, 0.1) is 17.2 Å². The number of likely N-dealkylation sites (tertiary alicyclic amines) is 1. The van der Waals surface area contributed by atoms with E-state index in [9.17, 15) is 19.6 Å². The van der Waals surface area contributed by atoms with E-state index in [0.29, 0.717) is 43.1 Å². The predicted octanol–water partition coefficient (Wildman–Crippen LogP) is 3.82. The van der Waals surface area contributed by atoms with E-state index in [4.69, 9.17) is 4.52 Å². The Labute approximate surface area is 286 Å². The fourth-order valence-corrected chi connectivity index (χ4v) is 8.71. The van der Waals surface area contributed by atoms with Gasteiger partial charge in [-0.25, -0.2) is 4.79 Å². The van der Waals surface area contributed by atoms with Crippen LogP contribution < -0.4 is 21.7 Å². The zero-order chi connectivity index (χ0) is 34.3. The summed E-state index contributed by atoms with van der Waals surface area (Å²) >= 11 is 0. The summed E-state index contributed by atoms with van der Waals surface area (Å²) in [6, 6.07) is 14.3. The summed E-state index contributed by atoms with van der Waals surface area (Å²) in [7, 11) is 3.48. The first kappa shape index (κ1) is 32.8. The Morgan fingerprint density at radius 1 is 1.02 bits per heavy atom. The molecule has 0 bridgehead atoms. The number of hydrogen-bond acceptors (Lipinski definition) is 8. The van der Waals surface area contributed by atoms with Crippen molar-refractivity contribution in [2.75, 3.05) is 27.2 Å². The molecule has 3 fully saturated rings. The summed E-state index contributed by atoms with van der Waals surface area (Å²) in [6.07, 6.45) is 8.60. The van der Waals surface area contributed by atoms with Crippen molar-refractivity contribution in [2.45, 2.75) is 87.7 Å². The third kappa shape index (κ3) is 5.86. The quantitative estimate of drug-likeness (QED) is 0.278. The lowest BCUT2D eigenvalue weighted by Gasteiger charge is -2.37. The van der Waals surface area contributed by atoms with E-state index < -0.39 is 11.2 Å². The highest BCUT2D eigenvalue weighted by Gasteiger charge is 2.54. The molecule has 1 aromatic heterocycles. The molecule has 0 spiro atoms. The molecule has 11 heteroatoms. The van der Waals surface area contributed by atoms with Crippen LogP contribution in [0.1, 0.15) is 101 Å². The van der Waals surface area contributed by atoms with Gasteiger partial charge >= 0.3 is 5.76 Å². The number of nitrogens with zero attached hydrogens (tertiary/aromatic N) is 4. The largest absolute Gasteiger partial charge is 0.459 e. The molecule has 1 saturated heterocycles. The summed E-state index contributed by atoms with van der Waals surface area (Å²) in [4.78, 5) is 45.9. The molecule has 3 N–H and O–H groups in total. The van der Waals surface area contributed by atoms with E-state index in [1.165, 1.54) is 0 Å². The number of piperidine rings is 1. The van der Waals surface area contributed by atoms with Crippen LogP contribution in [-0.4, -0.2) is 65.7 Å². The fraction of sp³-hybridized carbons (Fsp3) is 0.500. The van der Waals surface area contributed by atoms with Crippen molar-refractivity contribution in [3.05, 3.63) is 92.7 Å². The van der Waals surface area contributed by atoms with Gasteiger partial charge in [-0.15, -0.1) is 0 Å². The van der Waals surface area contributed by atoms with E-state index >= 15 is 0 Å². The van der Waals surface area contributed by atoms with Gasteiger partial charge in [-0.2, -0.15) is 15.0 Å². The third-order valence-corrected chi connectivity index (χ3v) is 11.3. The molecule has 256 valence electrons. The van der Waals surface area contributed by atoms with Gasteiger partial charge in [0.25, 0.3) is 5.91 Å². The monoisotopic (exact) mass is 663 g/mol. The molecule has 2 saturated carbocycles. The summed E-state index contributed by atoms with van der Waals surface area (Å²) in [6.45, 7) is 4.75. The molecule has 3 aliphatic carbocycles. The lowest BCUT2D eigenvalue weighted by molar-refractivity contribution is -0.131. The first-order valence-electron chi connectivity index (χ1n) is 17.7. The van der Waals surface area contributed by atoms with Crippen LogP contribution in [0.4, 0.5) is 0 Å². The molecule has 1 aliphatic heterocycles. The van der Waals surface area contributed by atoms with Crippen molar-refractivity contribution in [1.82, 2.24) is 30.6 Å². The fourth-order valence-electron chi connectivity index (χ4n) is 8.71. The number of nitriles is 1. The number of aromatic nitrogens is 2. The maximum Gasteiger partial charge on any atom is 0.459 e. The first-order chi connectivity index (χ1) is 23.8. The van der Waals surface area contributed by atoms with E-state index in [2.05, 4.69) is 51.8 Å². The summed E-state index contributed by atoms with van der Waals surface area (Å²) in [5, 5.41) is 19.0. The highest BCUT2D eigenvalue weighted by atomic mass is 16.5. The number of aryl methyl sites for hydroxylation is 2. The molecule has 3 aromatic rings. The van der Waals surface area contributed by atoms with Crippen molar-refractivity contribution in [2.24, 2.45) is 5.92 Å². The number of carbonyl (C=O) groups is 2. The lowest BCUT2D eigenvalue weighted by Crippen LogP contribution is -2.44. The molecule has 49 heavy (non-hydrogen) atoms. The van der Waals surface area contributed by atoms with Gasteiger partial charge in [0.05, 0.1) is 24.1 Å². The van der Waals surface area contributed by atoms with E-state index in [0.717, 1.165) is 78.5 Å². The van der Waals surface area contributed by atoms with Crippen LogP contribution in [0.5, 0.6) is 0 Å². The number of rotatable bonds is 10. The van der Waals surface area contributed by atoms with Gasteiger partial charge in [0.1, 0.15) is 6.04 Å². The Balaban J connectivity index is 1.35. The Morgan fingerprint density at radius 3 is 2.39 bits per heavy atom. The standard InChI is InChI=1S/C38H45N7O4/c1-23(40-2)24-11-13-31-25(17-24)9-10-26-18-27(35(47)41-3)12-14-32(26)38(31,36-43-37(48)49-45(36)29-7-5-4-6-8-29)15-16-42-22-34(46)44-30(21-39)19-28-20-33(28)44/h11-14,17-18,28-30,33,40,42H,1,4-10,15-16,19-20,22H2,2-3H3,(H,41,47)/t28-,30?,33+,38?/m1/s1. The first-order valence-corrected chi connectivity index (χ1v) is 17.7. The number of fused-ring (bicyclic) bond motifs is 3. The number of nitrogens with one attached hydrogen (secondary N) is 3. The van der Waals surface area contributed by atoms with Crippen LogP contribution in [0.25, 0.3) is 5.70 Å². The maximum absolute atomic E-state index is 13.4. The molecule has 7 rings (SSSR count). The average Bonchev–Trinajstić information content (AvgIpc) is 3.66. The zero-order valence-corrected chi connectivity index (χ0v) is 28.4. The Morgan fingerprint density at radius 2 is 1.71 bits per heavy atom. The van der Waals surface area contributed by atoms with Crippen molar-refractivity contribution < 1.29 is 14.1 Å². The van der Waals surface area contributed by atoms with Crippen molar-refractivity contribution in [3.8, 4) is 6.07 Å². The minimum absolute atomic E-state index is 0.00132. The molecular weight excluding hydrogens is 618 g/mol. The summed E-state index contributed by atoms with van der Waals surface area (Å²) < 4.78 is 7.75. The number of carbonyl (C=O) groups excluding carboxylic acids is 2. The Bertz CT molecular complexity index is 1810. The smallest absolute Gasteiger partial charge is 0.388 e. The second-order valence-corrected chi connectivity index (χ2v) is 14.0. The SMILES string of the molecule is C=C(NC)c1ccc2c(c1)CCc1cc(C(=O)NC)ccc1C2(CCNCC(=O)N1C(C#N)C[C@@H]2C[C@@H]21)c1nc(=O)on1C1CCCCC1. The molecule has 2 heterocycles. The normalized spacial score (nSPS) is 24.2. The number of benzene rings is 2. The van der Waals surface area contributed by atoms with Crippen LogP contribution in [0.15, 0.2) is 52.3 Å². The third-order valence-electron chi connectivity index (χ3n) is 11.3. The minimum Gasteiger partial charge on any atom is -0.388 e. The number of hydrogen-bond donors (Lipinski definition) is 3. The summed E-state index contributed by atoms with van der Waals surface area (Å²) in [5.74, 6) is 0.147. The van der Waals surface area contributed by atoms with Gasteiger partial charge in [0.2, 0.25) is 5.91 Å². The maximum atomic E-state index is 13.4. The molecule has 2 aromatic carbocycles. The van der Waals surface area contributed by atoms with Crippen molar-refractivity contribution >= 4 is 17.5 Å². The average molecular weight is 664 g/mol. The van der Waals surface area contributed by atoms with E-state index in [1.807, 2.05) is 25.2 Å². The van der Waals surface area contributed by atoms with Gasteiger partial charge in [-0.05, 0) is 103 Å². The van der Waals surface area contributed by atoms with Gasteiger partial charge in [0.15, 0.2) is 5.82 Å². The van der Waals surface area contributed by atoms with Crippen LogP contribution >= 0.6 is 0 Å². The van der Waals surface area contributed by atoms with Crippen LogP contribution in [0.3, 0.4) is 0 Å². The van der Waals surface area contributed by atoms with E-state index in [1.54, 1.807) is 16.7 Å². The molecular formula is C38H45N7O4. The molecule has 2 unspecified atom stereocenters. The van der Waals surface area contributed by atoms with Crippen molar-refractivity contribution in [1.29, 1.82) is 5.26 Å². The van der Waals surface area contributed by atoms with Gasteiger partial charge in [0, 0.05) is 31.4 Å². The minimum atomic E-state index is -0.939. The predicted molar refractivity (Wildman–Crippen MR) is 185 cm³/mol. The zero-order valence-electron chi connectivity index (χ0n) is 28.4. The molecule has 11 nitrogen and oxygen atoms in total. The molecule has 0 radical (unpaired) electrons. The van der Waals surface area contributed by atoms with E-state index in [-0.39, 0.29) is 36.5 Å². The highest BCUT2D eigenvalue weighted by molar-refractivity contribution is 5.94. The lowest BCUT2D eigenvalue weighted by atomic mass is 9.68. The molecule has 2 amide bonds. The molecule has 4 aliphatic rings. The number of amides is 2. The summed E-state index contributed by atoms with van der Waals surface area (Å²) in [5.41, 5.74) is 5.48.